The number of hydrogen-bond acceptors (Lipinski definition) is 3. The van der Waals surface area contributed by atoms with Crippen LogP contribution in [-0.4, -0.2) is 22.9 Å². The van der Waals surface area contributed by atoms with Crippen molar-refractivity contribution in [1.82, 2.24) is 0 Å². The lowest BCUT2D eigenvalue weighted by molar-refractivity contribution is 0.103. The van der Waals surface area contributed by atoms with Crippen molar-refractivity contribution in [3.8, 4) is 0 Å². The molecular weight excluding hydrogens is 323 g/mol. The van der Waals surface area contributed by atoms with E-state index in [2.05, 4.69) is 39.8 Å². The SMILES string of the molecule is Cc1cc2c(cc1C(=O)c1ccc(B(O)O)cc1)C(C)(C)CCC2(C)C. The zero-order valence-electron chi connectivity index (χ0n) is 16.3. The summed E-state index contributed by atoms with van der Waals surface area (Å²) in [6.45, 7) is 11.1. The Bertz CT molecular complexity index is 848. The maximum Gasteiger partial charge on any atom is 0.488 e. The molecule has 3 nitrogen and oxygen atoms in total. The zero-order valence-corrected chi connectivity index (χ0v) is 16.3. The molecule has 0 amide bonds. The summed E-state index contributed by atoms with van der Waals surface area (Å²) in [4.78, 5) is 13.1. The summed E-state index contributed by atoms with van der Waals surface area (Å²) in [6, 6.07) is 10.8. The predicted molar refractivity (Wildman–Crippen MR) is 106 cm³/mol. The summed E-state index contributed by atoms with van der Waals surface area (Å²) in [5.41, 5.74) is 5.45. The monoisotopic (exact) mass is 350 g/mol. The van der Waals surface area contributed by atoms with Crippen molar-refractivity contribution < 1.29 is 14.8 Å². The van der Waals surface area contributed by atoms with Crippen molar-refractivity contribution in [3.05, 3.63) is 64.2 Å². The molecule has 3 rings (SSSR count). The summed E-state index contributed by atoms with van der Waals surface area (Å²) in [7, 11) is -1.52. The zero-order chi connectivity index (χ0) is 19.3. The lowest BCUT2D eigenvalue weighted by Crippen LogP contribution is -2.34. The minimum Gasteiger partial charge on any atom is -0.423 e. The van der Waals surface area contributed by atoms with Gasteiger partial charge in [0.25, 0.3) is 0 Å². The molecule has 4 heteroatoms. The highest BCUT2D eigenvalue weighted by molar-refractivity contribution is 6.58. The van der Waals surface area contributed by atoms with E-state index in [9.17, 15) is 14.8 Å². The molecule has 0 aromatic heterocycles. The van der Waals surface area contributed by atoms with E-state index in [-0.39, 0.29) is 16.6 Å². The second-order valence-corrected chi connectivity index (χ2v) is 8.81. The van der Waals surface area contributed by atoms with Gasteiger partial charge in [0, 0.05) is 11.1 Å². The largest absolute Gasteiger partial charge is 0.488 e. The van der Waals surface area contributed by atoms with E-state index in [1.165, 1.54) is 11.1 Å². The molecule has 0 aliphatic heterocycles. The average molecular weight is 350 g/mol. The average Bonchev–Trinajstić information content (AvgIpc) is 2.58. The first-order valence-electron chi connectivity index (χ1n) is 9.19. The molecule has 136 valence electrons. The standard InChI is InChI=1S/C22H27BO3/c1-14-12-18-19(22(4,5)11-10-21(18,2)3)13-17(14)20(24)15-6-8-16(9-7-15)23(25)26/h6-9,12-13,25-26H,10-11H2,1-5H3. The topological polar surface area (TPSA) is 57.5 Å². The molecule has 0 radical (unpaired) electrons. The van der Waals surface area contributed by atoms with E-state index >= 15 is 0 Å². The minimum atomic E-state index is -1.52. The third kappa shape index (κ3) is 3.24. The van der Waals surface area contributed by atoms with Crippen LogP contribution in [0.5, 0.6) is 0 Å². The highest BCUT2D eigenvalue weighted by Gasteiger charge is 2.37. The van der Waals surface area contributed by atoms with Crippen LogP contribution in [0.1, 0.15) is 73.1 Å². The normalized spacial score (nSPS) is 17.5. The number of ketones is 1. The maximum absolute atomic E-state index is 13.1. The summed E-state index contributed by atoms with van der Waals surface area (Å²) in [5.74, 6) is -0.0246. The quantitative estimate of drug-likeness (QED) is 0.660. The van der Waals surface area contributed by atoms with Crippen LogP contribution in [0.25, 0.3) is 0 Å². The first-order chi connectivity index (χ1) is 12.0. The Balaban J connectivity index is 2.07. The molecule has 1 aliphatic carbocycles. The van der Waals surface area contributed by atoms with Gasteiger partial charge in [-0.2, -0.15) is 0 Å². The maximum atomic E-state index is 13.1. The van der Waals surface area contributed by atoms with Gasteiger partial charge in [-0.3, -0.25) is 4.79 Å². The summed E-state index contributed by atoms with van der Waals surface area (Å²) < 4.78 is 0. The molecule has 0 fully saturated rings. The molecule has 2 N–H and O–H groups in total. The van der Waals surface area contributed by atoms with E-state index < -0.39 is 7.12 Å². The number of hydrogen-bond donors (Lipinski definition) is 2. The second kappa shape index (κ2) is 6.36. The molecule has 0 saturated carbocycles. The molecule has 26 heavy (non-hydrogen) atoms. The Labute approximate surface area is 156 Å². The molecule has 1 aliphatic rings. The molecule has 0 atom stereocenters. The Morgan fingerprint density at radius 2 is 1.42 bits per heavy atom. The van der Waals surface area contributed by atoms with Gasteiger partial charge in [-0.25, -0.2) is 0 Å². The molecule has 2 aromatic rings. The summed E-state index contributed by atoms with van der Waals surface area (Å²) in [6.07, 6.45) is 2.25. The first-order valence-corrected chi connectivity index (χ1v) is 9.19. The number of benzene rings is 2. The predicted octanol–water partition coefficient (Wildman–Crippen LogP) is 3.25. The number of rotatable bonds is 3. The van der Waals surface area contributed by atoms with Crippen molar-refractivity contribution in [2.75, 3.05) is 0 Å². The summed E-state index contributed by atoms with van der Waals surface area (Å²) in [5, 5.41) is 18.4. The fraction of sp³-hybridized carbons (Fsp3) is 0.409. The lowest BCUT2D eigenvalue weighted by atomic mass is 9.62. The van der Waals surface area contributed by atoms with Gasteiger partial charge in [-0.15, -0.1) is 0 Å². The highest BCUT2D eigenvalue weighted by Crippen LogP contribution is 2.46. The van der Waals surface area contributed by atoms with Crippen LogP contribution >= 0.6 is 0 Å². The van der Waals surface area contributed by atoms with E-state index in [0.29, 0.717) is 11.0 Å². The molecule has 0 spiro atoms. The Kier molecular flexibility index (Phi) is 4.62. The number of carbonyl (C=O) groups is 1. The van der Waals surface area contributed by atoms with E-state index in [1.807, 2.05) is 6.92 Å². The van der Waals surface area contributed by atoms with Crippen LogP contribution in [0.2, 0.25) is 0 Å². The van der Waals surface area contributed by atoms with Gasteiger partial charge >= 0.3 is 7.12 Å². The molecule has 0 bridgehead atoms. The first kappa shape index (κ1) is 18.9. The van der Waals surface area contributed by atoms with Crippen LogP contribution in [-0.2, 0) is 10.8 Å². The van der Waals surface area contributed by atoms with Crippen LogP contribution in [0.3, 0.4) is 0 Å². The number of carbonyl (C=O) groups excluding carboxylic acids is 1. The van der Waals surface area contributed by atoms with Crippen LogP contribution in [0.15, 0.2) is 36.4 Å². The molecular formula is C22H27BO3. The summed E-state index contributed by atoms with van der Waals surface area (Å²) >= 11 is 0. The Morgan fingerprint density at radius 1 is 0.923 bits per heavy atom. The highest BCUT2D eigenvalue weighted by atomic mass is 16.4. The van der Waals surface area contributed by atoms with Crippen molar-refractivity contribution in [3.63, 3.8) is 0 Å². The lowest BCUT2D eigenvalue weighted by Gasteiger charge is -2.42. The molecule has 0 heterocycles. The van der Waals surface area contributed by atoms with Crippen LogP contribution < -0.4 is 5.46 Å². The molecule has 2 aromatic carbocycles. The van der Waals surface area contributed by atoms with Gasteiger partial charge in [0.05, 0.1) is 0 Å². The van der Waals surface area contributed by atoms with Gasteiger partial charge in [0.15, 0.2) is 5.78 Å². The smallest absolute Gasteiger partial charge is 0.423 e. The van der Waals surface area contributed by atoms with Crippen molar-refractivity contribution in [2.24, 2.45) is 0 Å². The van der Waals surface area contributed by atoms with Crippen LogP contribution in [0.4, 0.5) is 0 Å². The Morgan fingerprint density at radius 3 is 1.92 bits per heavy atom. The minimum absolute atomic E-state index is 0.0246. The van der Waals surface area contributed by atoms with E-state index in [0.717, 1.165) is 24.0 Å². The van der Waals surface area contributed by atoms with Crippen LogP contribution in [0, 0.1) is 6.92 Å². The van der Waals surface area contributed by atoms with Gasteiger partial charge in [-0.05, 0) is 58.8 Å². The van der Waals surface area contributed by atoms with E-state index in [4.69, 9.17) is 0 Å². The third-order valence-corrected chi connectivity index (χ3v) is 5.91. The second-order valence-electron chi connectivity index (χ2n) is 8.81. The van der Waals surface area contributed by atoms with Gasteiger partial charge in [-0.1, -0.05) is 58.0 Å². The van der Waals surface area contributed by atoms with Gasteiger partial charge < -0.3 is 10.0 Å². The van der Waals surface area contributed by atoms with Crippen molar-refractivity contribution in [1.29, 1.82) is 0 Å². The molecule has 0 saturated heterocycles. The van der Waals surface area contributed by atoms with Crippen molar-refractivity contribution >= 4 is 18.4 Å². The third-order valence-electron chi connectivity index (χ3n) is 5.91. The van der Waals surface area contributed by atoms with Gasteiger partial charge in [0.2, 0.25) is 0 Å². The van der Waals surface area contributed by atoms with Gasteiger partial charge in [0.1, 0.15) is 0 Å². The van der Waals surface area contributed by atoms with E-state index in [1.54, 1.807) is 24.3 Å². The fourth-order valence-electron chi connectivity index (χ4n) is 3.93. The van der Waals surface area contributed by atoms with Crippen molar-refractivity contribution in [2.45, 2.75) is 58.3 Å². The fourth-order valence-corrected chi connectivity index (χ4v) is 3.93. The Hall–Kier alpha value is -1.91. The number of fused-ring (bicyclic) bond motifs is 1. The number of aryl methyl sites for hydroxylation is 1. The molecule has 0 unspecified atom stereocenters.